The lowest BCUT2D eigenvalue weighted by molar-refractivity contribution is 0.0572. The third-order valence-electron chi connectivity index (χ3n) is 3.49. The Hall–Kier alpha value is -1.11. The molecule has 2 heterocycles. The number of hydrogen-bond acceptors (Lipinski definition) is 6. The summed E-state index contributed by atoms with van der Waals surface area (Å²) in [5, 5.41) is 19.9. The minimum Gasteiger partial charge on any atom is -0.397 e. The van der Waals surface area contributed by atoms with Gasteiger partial charge in [-0.3, -0.25) is 4.79 Å². The molecule has 4 N–H and O–H groups in total. The number of Topliss-reactive ketones (excluding diaryl/α,β-unsaturated/α-hetero) is 1. The lowest BCUT2D eigenvalue weighted by atomic mass is 10.2. The number of carbonyl (C=O) groups is 1. The first-order valence-electron chi connectivity index (χ1n) is 6.11. The van der Waals surface area contributed by atoms with Crippen LogP contribution in [0.25, 0.3) is 0 Å². The van der Waals surface area contributed by atoms with Crippen LogP contribution in [0.2, 0.25) is 0 Å². The number of carbonyl (C=O) groups excluding carboxylic acids is 1. The summed E-state index contributed by atoms with van der Waals surface area (Å²) >= 11 is 1.37. The Morgan fingerprint density at radius 2 is 1.94 bits per heavy atom. The summed E-state index contributed by atoms with van der Waals surface area (Å²) in [5.74, 6) is 0.303. The molecule has 2 fully saturated rings. The van der Waals surface area contributed by atoms with E-state index in [1.807, 2.05) is 4.90 Å². The van der Waals surface area contributed by atoms with Crippen LogP contribution in [0.1, 0.15) is 22.5 Å². The first-order valence-corrected chi connectivity index (χ1v) is 6.92. The number of rotatable bonds is 3. The summed E-state index contributed by atoms with van der Waals surface area (Å²) in [6.45, 7) is 0.774. The van der Waals surface area contributed by atoms with E-state index in [0.29, 0.717) is 23.7 Å². The first-order chi connectivity index (χ1) is 8.56. The van der Waals surface area contributed by atoms with E-state index in [1.54, 1.807) is 6.07 Å². The molecule has 6 heteroatoms. The summed E-state index contributed by atoms with van der Waals surface area (Å²) < 4.78 is 0. The summed E-state index contributed by atoms with van der Waals surface area (Å²) in [4.78, 5) is 14.5. The van der Waals surface area contributed by atoms with Gasteiger partial charge in [-0.15, -0.1) is 11.3 Å². The van der Waals surface area contributed by atoms with Crippen LogP contribution >= 0.6 is 11.3 Å². The van der Waals surface area contributed by atoms with E-state index in [1.165, 1.54) is 11.3 Å². The van der Waals surface area contributed by atoms with Crippen molar-refractivity contribution in [2.24, 2.45) is 5.92 Å². The summed E-state index contributed by atoms with van der Waals surface area (Å²) in [6.07, 6.45) is 0.478. The quantitative estimate of drug-likeness (QED) is 0.694. The van der Waals surface area contributed by atoms with Gasteiger partial charge in [0.15, 0.2) is 5.78 Å². The van der Waals surface area contributed by atoms with Gasteiger partial charge in [-0.25, -0.2) is 0 Å². The predicted molar refractivity (Wildman–Crippen MR) is 70.0 cm³/mol. The predicted octanol–water partition coefficient (Wildman–Crippen LogP) is 0.465. The van der Waals surface area contributed by atoms with Gasteiger partial charge in [0.2, 0.25) is 0 Å². The molecule has 1 aromatic heterocycles. The van der Waals surface area contributed by atoms with E-state index in [2.05, 4.69) is 0 Å². The van der Waals surface area contributed by atoms with Crippen LogP contribution in [0, 0.1) is 5.92 Å². The topological polar surface area (TPSA) is 86.8 Å². The second kappa shape index (κ2) is 4.22. The zero-order valence-corrected chi connectivity index (χ0v) is 10.7. The SMILES string of the molecule is Nc1cc(N2CC(O)C(O)C2)sc1C(=O)C1CC1. The van der Waals surface area contributed by atoms with Crippen molar-refractivity contribution in [3.8, 4) is 0 Å². The maximum atomic E-state index is 12.0. The van der Waals surface area contributed by atoms with Crippen molar-refractivity contribution in [2.45, 2.75) is 25.0 Å². The molecule has 0 aromatic carbocycles. The van der Waals surface area contributed by atoms with Crippen molar-refractivity contribution >= 4 is 27.8 Å². The fourth-order valence-corrected chi connectivity index (χ4v) is 3.34. The smallest absolute Gasteiger partial charge is 0.178 e. The zero-order valence-electron chi connectivity index (χ0n) is 9.87. The number of nitrogen functional groups attached to an aromatic ring is 1. The van der Waals surface area contributed by atoms with Crippen molar-refractivity contribution in [3.05, 3.63) is 10.9 Å². The third kappa shape index (κ3) is 2.00. The lowest BCUT2D eigenvalue weighted by Gasteiger charge is -2.14. The van der Waals surface area contributed by atoms with Crippen LogP contribution in [0.5, 0.6) is 0 Å². The fourth-order valence-electron chi connectivity index (χ4n) is 2.22. The van der Waals surface area contributed by atoms with Crippen molar-refractivity contribution in [1.82, 2.24) is 0 Å². The van der Waals surface area contributed by atoms with Gasteiger partial charge in [0, 0.05) is 19.0 Å². The van der Waals surface area contributed by atoms with Crippen molar-refractivity contribution in [3.63, 3.8) is 0 Å². The molecule has 98 valence electrons. The molecule has 1 aliphatic carbocycles. The molecule has 1 aliphatic heterocycles. The first kappa shape index (κ1) is 12.0. The van der Waals surface area contributed by atoms with Gasteiger partial charge in [0.1, 0.15) is 0 Å². The Kier molecular flexibility index (Phi) is 2.80. The highest BCUT2D eigenvalue weighted by Crippen LogP contribution is 2.40. The molecule has 1 saturated heterocycles. The highest BCUT2D eigenvalue weighted by Gasteiger charge is 2.35. The van der Waals surface area contributed by atoms with E-state index in [9.17, 15) is 15.0 Å². The van der Waals surface area contributed by atoms with Crippen LogP contribution in [0.4, 0.5) is 10.7 Å². The molecular formula is C12H16N2O3S. The van der Waals surface area contributed by atoms with Gasteiger partial charge in [-0.1, -0.05) is 0 Å². The highest BCUT2D eigenvalue weighted by molar-refractivity contribution is 7.18. The van der Waals surface area contributed by atoms with E-state index in [-0.39, 0.29) is 11.7 Å². The molecule has 1 saturated carbocycles. The summed E-state index contributed by atoms with van der Waals surface area (Å²) in [6, 6.07) is 1.77. The number of aliphatic hydroxyl groups excluding tert-OH is 2. The van der Waals surface area contributed by atoms with Crippen LogP contribution in [-0.4, -0.2) is 41.3 Å². The number of anilines is 2. The number of hydrogen-bond donors (Lipinski definition) is 3. The Morgan fingerprint density at radius 1 is 1.33 bits per heavy atom. The van der Waals surface area contributed by atoms with Gasteiger partial charge in [-0.05, 0) is 18.9 Å². The number of aliphatic hydroxyl groups is 2. The van der Waals surface area contributed by atoms with E-state index >= 15 is 0 Å². The van der Waals surface area contributed by atoms with Crippen molar-refractivity contribution < 1.29 is 15.0 Å². The number of ketones is 1. The standard InChI is InChI=1S/C12H16N2O3S/c13-7-3-10(14-4-8(15)9(16)5-14)18-12(7)11(17)6-1-2-6/h3,6,8-9,15-16H,1-2,4-5,13H2. The molecule has 0 radical (unpaired) electrons. The van der Waals surface area contributed by atoms with Gasteiger partial charge < -0.3 is 20.8 Å². The fraction of sp³-hybridized carbons (Fsp3) is 0.583. The van der Waals surface area contributed by atoms with Gasteiger partial charge >= 0.3 is 0 Å². The number of nitrogens with two attached hydrogens (primary N) is 1. The molecule has 18 heavy (non-hydrogen) atoms. The molecular weight excluding hydrogens is 252 g/mol. The van der Waals surface area contributed by atoms with Crippen molar-refractivity contribution in [2.75, 3.05) is 23.7 Å². The van der Waals surface area contributed by atoms with Crippen LogP contribution in [0.3, 0.4) is 0 Å². The number of β-amino-alcohol motifs (C(OH)–C–C–N with tert-alkyl or cyclic N) is 2. The molecule has 1 aromatic rings. The van der Waals surface area contributed by atoms with Crippen LogP contribution in [0.15, 0.2) is 6.07 Å². The molecule has 2 aliphatic rings. The minimum absolute atomic E-state index is 0.143. The van der Waals surface area contributed by atoms with E-state index < -0.39 is 12.2 Å². The van der Waals surface area contributed by atoms with Crippen molar-refractivity contribution in [1.29, 1.82) is 0 Å². The Labute approximate surface area is 109 Å². The monoisotopic (exact) mass is 268 g/mol. The maximum Gasteiger partial charge on any atom is 0.178 e. The molecule has 2 atom stereocenters. The average molecular weight is 268 g/mol. The molecule has 2 unspecified atom stereocenters. The molecule has 0 spiro atoms. The molecule has 3 rings (SSSR count). The Morgan fingerprint density at radius 3 is 2.50 bits per heavy atom. The van der Waals surface area contributed by atoms with E-state index in [0.717, 1.165) is 17.8 Å². The van der Waals surface area contributed by atoms with Gasteiger partial charge in [0.05, 0.1) is 27.8 Å². The van der Waals surface area contributed by atoms with Crippen LogP contribution < -0.4 is 10.6 Å². The minimum atomic E-state index is -0.726. The van der Waals surface area contributed by atoms with Gasteiger partial charge in [-0.2, -0.15) is 0 Å². The molecule has 0 bridgehead atoms. The zero-order chi connectivity index (χ0) is 12.9. The Bertz CT molecular complexity index is 474. The second-order valence-electron chi connectivity index (χ2n) is 5.05. The largest absolute Gasteiger partial charge is 0.397 e. The number of thiophene rings is 1. The Balaban J connectivity index is 1.81. The second-order valence-corrected chi connectivity index (χ2v) is 6.08. The molecule has 5 nitrogen and oxygen atoms in total. The molecule has 0 amide bonds. The van der Waals surface area contributed by atoms with Gasteiger partial charge in [0.25, 0.3) is 0 Å². The normalized spacial score (nSPS) is 27.8. The summed E-state index contributed by atoms with van der Waals surface area (Å²) in [5.41, 5.74) is 6.40. The lowest BCUT2D eigenvalue weighted by Crippen LogP contribution is -2.22. The summed E-state index contributed by atoms with van der Waals surface area (Å²) in [7, 11) is 0. The van der Waals surface area contributed by atoms with Crippen LogP contribution in [-0.2, 0) is 0 Å². The maximum absolute atomic E-state index is 12.0. The highest BCUT2D eigenvalue weighted by atomic mass is 32.1. The van der Waals surface area contributed by atoms with E-state index in [4.69, 9.17) is 5.73 Å². The third-order valence-corrected chi connectivity index (χ3v) is 4.72. The average Bonchev–Trinajstić information content (AvgIpc) is 3.03. The number of nitrogens with zero attached hydrogens (tertiary/aromatic N) is 1.